The molecule has 0 aliphatic carbocycles. The molecule has 0 fully saturated rings. The van der Waals surface area contributed by atoms with Crippen molar-refractivity contribution in [2.24, 2.45) is 0 Å². The normalized spacial score (nSPS) is 12.2. The van der Waals surface area contributed by atoms with Gasteiger partial charge in [0.2, 0.25) is 0 Å². The van der Waals surface area contributed by atoms with E-state index in [2.05, 4.69) is 11.4 Å². The highest BCUT2D eigenvalue weighted by molar-refractivity contribution is 5.31. The summed E-state index contributed by atoms with van der Waals surface area (Å²) < 4.78 is 5.61. The number of rotatable bonds is 5. The minimum absolute atomic E-state index is 0.264. The molecule has 16 heavy (non-hydrogen) atoms. The summed E-state index contributed by atoms with van der Waals surface area (Å²) in [7, 11) is 0. The van der Waals surface area contributed by atoms with Crippen LogP contribution >= 0.6 is 0 Å². The van der Waals surface area contributed by atoms with Gasteiger partial charge in [-0.2, -0.15) is 5.26 Å². The highest BCUT2D eigenvalue weighted by atomic mass is 16.5. The number of nitriles is 1. The second-order valence-electron chi connectivity index (χ2n) is 4.08. The van der Waals surface area contributed by atoms with Gasteiger partial charge in [-0.3, -0.25) is 5.32 Å². The lowest BCUT2D eigenvalue weighted by Gasteiger charge is -2.16. The second kappa shape index (κ2) is 6.14. The maximum absolute atomic E-state index is 8.93. The zero-order valence-electron chi connectivity index (χ0n) is 10.0. The van der Waals surface area contributed by atoms with Gasteiger partial charge in [0.1, 0.15) is 18.4 Å². The minimum atomic E-state index is -0.264. The Morgan fingerprint density at radius 3 is 2.62 bits per heavy atom. The van der Waals surface area contributed by atoms with Gasteiger partial charge < -0.3 is 4.74 Å². The molecule has 0 aliphatic heterocycles. The van der Waals surface area contributed by atoms with Crippen LogP contribution < -0.4 is 10.1 Å². The van der Waals surface area contributed by atoms with Crippen LogP contribution in [0.2, 0.25) is 0 Å². The van der Waals surface area contributed by atoms with E-state index in [-0.39, 0.29) is 12.1 Å². The van der Waals surface area contributed by atoms with Gasteiger partial charge in [0.25, 0.3) is 0 Å². The Bertz CT molecular complexity index is 368. The highest BCUT2D eigenvalue weighted by Gasteiger charge is 2.09. The van der Waals surface area contributed by atoms with Crippen LogP contribution in [0.5, 0.6) is 5.75 Å². The molecule has 3 heteroatoms. The Hall–Kier alpha value is -1.53. The molecule has 0 radical (unpaired) electrons. The molecule has 0 saturated heterocycles. The van der Waals surface area contributed by atoms with Gasteiger partial charge in [-0.05, 0) is 32.4 Å². The van der Waals surface area contributed by atoms with Gasteiger partial charge in [0, 0.05) is 6.04 Å². The lowest BCUT2D eigenvalue weighted by Crippen LogP contribution is -2.38. The summed E-state index contributed by atoms with van der Waals surface area (Å²) in [6.07, 6.45) is 0. The summed E-state index contributed by atoms with van der Waals surface area (Å²) in [4.78, 5) is 0. The molecule has 1 atom stereocenters. The molecule has 0 aromatic heterocycles. The van der Waals surface area contributed by atoms with Crippen molar-refractivity contribution in [3.8, 4) is 11.8 Å². The fraction of sp³-hybridized carbons (Fsp3) is 0.462. The number of nitrogens with zero attached hydrogens (tertiary/aromatic N) is 1. The Balaban J connectivity index is 2.50. The number of hydrogen-bond acceptors (Lipinski definition) is 3. The second-order valence-corrected chi connectivity index (χ2v) is 4.08. The van der Waals surface area contributed by atoms with Crippen LogP contribution in [-0.4, -0.2) is 18.7 Å². The average Bonchev–Trinajstić information content (AvgIpc) is 2.25. The molecule has 1 unspecified atom stereocenters. The fourth-order valence-electron chi connectivity index (χ4n) is 1.42. The predicted octanol–water partition coefficient (Wildman–Crippen LogP) is 2.26. The van der Waals surface area contributed by atoms with Gasteiger partial charge in [0.15, 0.2) is 0 Å². The maximum Gasteiger partial charge on any atom is 0.130 e. The number of para-hydroxylation sites is 1. The van der Waals surface area contributed by atoms with Crippen molar-refractivity contribution in [3.05, 3.63) is 29.8 Å². The largest absolute Gasteiger partial charge is 0.491 e. The topological polar surface area (TPSA) is 45.0 Å². The maximum atomic E-state index is 8.93. The van der Waals surface area contributed by atoms with E-state index in [0.29, 0.717) is 6.61 Å². The fourth-order valence-corrected chi connectivity index (χ4v) is 1.42. The van der Waals surface area contributed by atoms with E-state index < -0.39 is 0 Å². The monoisotopic (exact) mass is 218 g/mol. The summed E-state index contributed by atoms with van der Waals surface area (Å²) in [5.41, 5.74) is 1.09. The number of aryl methyl sites for hydroxylation is 1. The third-order valence-electron chi connectivity index (χ3n) is 2.19. The zero-order valence-corrected chi connectivity index (χ0v) is 10.0. The minimum Gasteiger partial charge on any atom is -0.491 e. The molecule has 3 nitrogen and oxygen atoms in total. The smallest absolute Gasteiger partial charge is 0.130 e. The lowest BCUT2D eigenvalue weighted by atomic mass is 10.2. The third-order valence-corrected chi connectivity index (χ3v) is 2.19. The van der Waals surface area contributed by atoms with Crippen molar-refractivity contribution in [2.45, 2.75) is 32.9 Å². The van der Waals surface area contributed by atoms with Crippen LogP contribution in [0, 0.1) is 18.3 Å². The van der Waals surface area contributed by atoms with Crippen molar-refractivity contribution in [1.29, 1.82) is 5.26 Å². The quantitative estimate of drug-likeness (QED) is 0.824. The van der Waals surface area contributed by atoms with Gasteiger partial charge in [-0.15, -0.1) is 0 Å². The molecule has 0 bridgehead atoms. The van der Waals surface area contributed by atoms with Crippen LogP contribution in [0.15, 0.2) is 24.3 Å². The average molecular weight is 218 g/mol. The summed E-state index contributed by atoms with van der Waals surface area (Å²) in [6.45, 7) is 6.39. The van der Waals surface area contributed by atoms with Crippen LogP contribution in [0.3, 0.4) is 0 Å². The first kappa shape index (κ1) is 12.5. The summed E-state index contributed by atoms with van der Waals surface area (Å²) in [5.74, 6) is 0.841. The van der Waals surface area contributed by atoms with Crippen molar-refractivity contribution in [1.82, 2.24) is 5.32 Å². The van der Waals surface area contributed by atoms with Crippen LogP contribution in [0.25, 0.3) is 0 Å². The summed E-state index contributed by atoms with van der Waals surface area (Å²) >= 11 is 0. The van der Waals surface area contributed by atoms with E-state index in [9.17, 15) is 0 Å². The number of benzene rings is 1. The van der Waals surface area contributed by atoms with Crippen LogP contribution in [0.4, 0.5) is 0 Å². The Morgan fingerprint density at radius 1 is 1.38 bits per heavy atom. The molecule has 0 heterocycles. The predicted molar refractivity (Wildman–Crippen MR) is 64.3 cm³/mol. The van der Waals surface area contributed by atoms with E-state index in [1.165, 1.54) is 0 Å². The highest BCUT2D eigenvalue weighted by Crippen LogP contribution is 2.16. The molecular formula is C13H18N2O. The number of hydrogen-bond donors (Lipinski definition) is 1. The lowest BCUT2D eigenvalue weighted by molar-refractivity contribution is 0.281. The van der Waals surface area contributed by atoms with E-state index in [0.717, 1.165) is 11.3 Å². The van der Waals surface area contributed by atoms with Crippen molar-refractivity contribution in [2.75, 3.05) is 6.61 Å². The van der Waals surface area contributed by atoms with Crippen LogP contribution in [0.1, 0.15) is 19.4 Å². The molecular weight excluding hydrogens is 200 g/mol. The van der Waals surface area contributed by atoms with Gasteiger partial charge in [-0.1, -0.05) is 18.2 Å². The zero-order chi connectivity index (χ0) is 12.0. The first-order valence-electron chi connectivity index (χ1n) is 5.47. The summed E-state index contributed by atoms with van der Waals surface area (Å²) in [5, 5.41) is 12.1. The first-order chi connectivity index (χ1) is 7.63. The van der Waals surface area contributed by atoms with E-state index in [1.807, 2.05) is 45.0 Å². The van der Waals surface area contributed by atoms with Gasteiger partial charge >= 0.3 is 0 Å². The molecule has 1 N–H and O–H groups in total. The molecule has 0 spiro atoms. The number of nitrogens with one attached hydrogen (secondary N) is 1. The molecule has 0 saturated carbocycles. The third kappa shape index (κ3) is 3.92. The van der Waals surface area contributed by atoms with Crippen molar-refractivity contribution in [3.63, 3.8) is 0 Å². The molecule has 0 aliphatic rings. The molecule has 0 amide bonds. The first-order valence-corrected chi connectivity index (χ1v) is 5.47. The Labute approximate surface area is 97.0 Å². The molecule has 1 rings (SSSR count). The van der Waals surface area contributed by atoms with Crippen molar-refractivity contribution < 1.29 is 4.74 Å². The SMILES string of the molecule is Cc1ccccc1OCC(C#N)NC(C)C. The van der Waals surface area contributed by atoms with E-state index >= 15 is 0 Å². The van der Waals surface area contributed by atoms with E-state index in [4.69, 9.17) is 10.00 Å². The van der Waals surface area contributed by atoms with E-state index in [1.54, 1.807) is 0 Å². The molecule has 1 aromatic rings. The van der Waals surface area contributed by atoms with Gasteiger partial charge in [-0.25, -0.2) is 0 Å². The Kier molecular flexibility index (Phi) is 4.81. The number of ether oxygens (including phenoxy) is 1. The molecule has 1 aromatic carbocycles. The van der Waals surface area contributed by atoms with Gasteiger partial charge in [0.05, 0.1) is 6.07 Å². The molecule has 86 valence electrons. The Morgan fingerprint density at radius 2 is 2.06 bits per heavy atom. The summed E-state index contributed by atoms with van der Waals surface area (Å²) in [6, 6.07) is 10.0. The standard InChI is InChI=1S/C13H18N2O/c1-10(2)15-12(8-14)9-16-13-7-5-4-6-11(13)3/h4-7,10,12,15H,9H2,1-3H3. The van der Waals surface area contributed by atoms with Crippen molar-refractivity contribution >= 4 is 0 Å². The van der Waals surface area contributed by atoms with Crippen LogP contribution in [-0.2, 0) is 0 Å².